The molecular weight excluding hydrogens is 659 g/mol. The fraction of sp³-hybridized carbons (Fsp3) is 0.811. The molecule has 1 aliphatic carbocycles. The van der Waals surface area contributed by atoms with Crippen molar-refractivity contribution in [2.45, 2.75) is 132 Å². The van der Waals surface area contributed by atoms with Crippen molar-refractivity contribution in [1.29, 1.82) is 0 Å². The number of likely N-dealkylation sites (tertiary alicyclic amines) is 1. The maximum Gasteiger partial charge on any atom is 0.315 e. The number of Topliss-reactive ketones (excluding diaryl/α,β-unsaturated/α-hetero) is 2. The Morgan fingerprint density at radius 2 is 1.56 bits per heavy atom. The predicted octanol–water partition coefficient (Wildman–Crippen LogP) is 4.30. The lowest BCUT2D eigenvalue weighted by molar-refractivity contribution is -0.145. The van der Waals surface area contributed by atoms with Crippen LogP contribution in [-0.2, 0) is 29.2 Å². The lowest BCUT2D eigenvalue weighted by Gasteiger charge is -2.39. The standard InChI is InChI=1S/C37H65N5O7S/c1-15-17-18-23(29(44)31(45)38-19-16-2)20-25(43)28-27-24(37(27,12)13)21-42(28)32(46)30(35(6,7)8)40-33(47)39-26(34(3,4)5)22-50(48,49)41(14)36(9,10)11/h16,23-24,26-28,30H,2,15,17-22H2,1,3-14H3,(H,38,45)(H2,39,40,47)/t23?,24-,26+,27-,28+,30+/m0/s1. The van der Waals surface area contributed by atoms with Crippen LogP contribution in [0.1, 0.15) is 109 Å². The number of ketones is 2. The third kappa shape index (κ3) is 10.4. The summed E-state index contributed by atoms with van der Waals surface area (Å²) < 4.78 is 28.0. The number of unbranched alkanes of at least 4 members (excludes halogenated alkanes) is 1. The summed E-state index contributed by atoms with van der Waals surface area (Å²) in [5.41, 5.74) is -2.26. The van der Waals surface area contributed by atoms with E-state index in [2.05, 4.69) is 36.4 Å². The maximum absolute atomic E-state index is 14.4. The largest absolute Gasteiger partial charge is 0.346 e. The Bertz CT molecular complexity index is 1400. The Morgan fingerprint density at radius 3 is 2.04 bits per heavy atom. The van der Waals surface area contributed by atoms with E-state index in [0.29, 0.717) is 19.4 Å². The maximum atomic E-state index is 14.4. The van der Waals surface area contributed by atoms with E-state index in [1.165, 1.54) is 17.4 Å². The Labute approximate surface area is 301 Å². The molecule has 0 aromatic heterocycles. The highest BCUT2D eigenvalue weighted by molar-refractivity contribution is 7.89. The van der Waals surface area contributed by atoms with E-state index < -0.39 is 74.1 Å². The molecule has 0 aromatic carbocycles. The molecule has 6 atom stereocenters. The number of rotatable bonds is 16. The monoisotopic (exact) mass is 723 g/mol. The van der Waals surface area contributed by atoms with Gasteiger partial charge in [0.15, 0.2) is 5.78 Å². The third-order valence-electron chi connectivity index (χ3n) is 10.7. The first-order chi connectivity index (χ1) is 22.6. The fourth-order valence-electron chi connectivity index (χ4n) is 6.85. The lowest BCUT2D eigenvalue weighted by atomic mass is 9.84. The number of amides is 4. The lowest BCUT2D eigenvalue weighted by Crippen LogP contribution is -2.61. The van der Waals surface area contributed by atoms with Gasteiger partial charge in [0, 0.05) is 38.0 Å². The second-order valence-corrected chi connectivity index (χ2v) is 20.1. The van der Waals surface area contributed by atoms with Crippen LogP contribution < -0.4 is 16.0 Å². The van der Waals surface area contributed by atoms with Gasteiger partial charge in [-0.2, -0.15) is 4.31 Å². The number of fused-ring (bicyclic) bond motifs is 1. The average Bonchev–Trinajstić information content (AvgIpc) is 3.29. The quantitative estimate of drug-likeness (QED) is 0.158. The first-order valence-corrected chi connectivity index (χ1v) is 19.5. The van der Waals surface area contributed by atoms with E-state index in [9.17, 15) is 32.4 Å². The van der Waals surface area contributed by atoms with Gasteiger partial charge in [0.2, 0.25) is 21.7 Å². The number of carbonyl (C=O) groups is 5. The highest BCUT2D eigenvalue weighted by atomic mass is 32.2. The van der Waals surface area contributed by atoms with Crippen molar-refractivity contribution < 1.29 is 32.4 Å². The molecule has 1 saturated heterocycles. The van der Waals surface area contributed by atoms with E-state index in [-0.39, 0.29) is 41.8 Å². The molecule has 0 bridgehead atoms. The summed E-state index contributed by atoms with van der Waals surface area (Å²) in [4.78, 5) is 69.5. The van der Waals surface area contributed by atoms with Crippen LogP contribution >= 0.6 is 0 Å². The Kier molecular flexibility index (Phi) is 13.7. The molecule has 4 amide bonds. The zero-order chi connectivity index (χ0) is 38.8. The summed E-state index contributed by atoms with van der Waals surface area (Å²) in [5, 5.41) is 8.20. The molecule has 13 heteroatoms. The Morgan fingerprint density at radius 1 is 0.980 bits per heavy atom. The third-order valence-corrected chi connectivity index (χ3v) is 12.8. The number of piperidine rings is 1. The van der Waals surface area contributed by atoms with Crippen LogP contribution in [0, 0.1) is 34.0 Å². The molecule has 50 heavy (non-hydrogen) atoms. The molecule has 286 valence electrons. The average molecular weight is 724 g/mol. The minimum absolute atomic E-state index is 0.0748. The number of nitrogens with one attached hydrogen (secondary N) is 3. The van der Waals surface area contributed by atoms with Gasteiger partial charge in [-0.3, -0.25) is 19.2 Å². The molecule has 1 aliphatic heterocycles. The number of hydrogen-bond acceptors (Lipinski definition) is 7. The van der Waals surface area contributed by atoms with Crippen molar-refractivity contribution >= 4 is 39.4 Å². The number of hydrogen-bond donors (Lipinski definition) is 3. The zero-order valence-electron chi connectivity index (χ0n) is 32.9. The van der Waals surface area contributed by atoms with Crippen LogP contribution in [0.5, 0.6) is 0 Å². The molecule has 0 aromatic rings. The summed E-state index contributed by atoms with van der Waals surface area (Å²) in [6.07, 6.45) is 3.15. The molecule has 0 spiro atoms. The second-order valence-electron chi connectivity index (χ2n) is 18.0. The number of nitrogens with zero attached hydrogens (tertiary/aromatic N) is 2. The van der Waals surface area contributed by atoms with Crippen LogP contribution in [0.2, 0.25) is 0 Å². The number of sulfonamides is 1. The van der Waals surface area contributed by atoms with Gasteiger partial charge in [0.1, 0.15) is 6.04 Å². The highest BCUT2D eigenvalue weighted by Crippen LogP contribution is 2.65. The van der Waals surface area contributed by atoms with Crippen LogP contribution in [-0.4, -0.2) is 96.6 Å². The van der Waals surface area contributed by atoms with Crippen molar-refractivity contribution in [3.05, 3.63) is 12.7 Å². The summed E-state index contributed by atoms with van der Waals surface area (Å²) in [6, 6.07) is -3.32. The smallest absolute Gasteiger partial charge is 0.315 e. The Balaban J connectivity index is 2.37. The minimum atomic E-state index is -3.77. The molecular formula is C37H65N5O7S. The van der Waals surface area contributed by atoms with Gasteiger partial charge < -0.3 is 20.9 Å². The normalized spacial score (nSPS) is 22.2. The van der Waals surface area contributed by atoms with Crippen molar-refractivity contribution in [2.24, 2.45) is 34.0 Å². The van der Waals surface area contributed by atoms with Crippen LogP contribution in [0.25, 0.3) is 0 Å². The van der Waals surface area contributed by atoms with Gasteiger partial charge >= 0.3 is 6.03 Å². The SMILES string of the molecule is C=CCNC(=O)C(=O)C(CCCC)CC(=O)[C@@H]1[C@@H]2[C@H](CN1C(=O)[C@@H](NC(=O)N[C@H](CS(=O)(=O)N(C)C(C)(C)C)C(C)(C)C)C(C)(C)C)C2(C)C. The zero-order valence-corrected chi connectivity index (χ0v) is 33.7. The molecule has 0 radical (unpaired) electrons. The number of carbonyl (C=O) groups excluding carboxylic acids is 5. The minimum Gasteiger partial charge on any atom is -0.346 e. The summed E-state index contributed by atoms with van der Waals surface area (Å²) in [5.74, 6) is -3.26. The van der Waals surface area contributed by atoms with Gasteiger partial charge in [-0.15, -0.1) is 6.58 Å². The molecule has 2 aliphatic rings. The van der Waals surface area contributed by atoms with Crippen LogP contribution in [0.15, 0.2) is 12.7 Å². The Hall–Kier alpha value is -2.80. The topological polar surface area (TPSA) is 162 Å². The van der Waals surface area contributed by atoms with Crippen molar-refractivity contribution in [3.8, 4) is 0 Å². The highest BCUT2D eigenvalue weighted by Gasteiger charge is 2.69. The van der Waals surface area contributed by atoms with Crippen molar-refractivity contribution in [3.63, 3.8) is 0 Å². The van der Waals surface area contributed by atoms with E-state index in [1.54, 1.807) is 25.7 Å². The molecule has 2 rings (SSSR count). The van der Waals surface area contributed by atoms with Crippen molar-refractivity contribution in [1.82, 2.24) is 25.2 Å². The van der Waals surface area contributed by atoms with Crippen LogP contribution in [0.4, 0.5) is 4.79 Å². The van der Waals surface area contributed by atoms with Gasteiger partial charge in [-0.1, -0.05) is 81.2 Å². The van der Waals surface area contributed by atoms with E-state index in [0.717, 1.165) is 6.42 Å². The fourth-order valence-corrected chi connectivity index (χ4v) is 8.92. The van der Waals surface area contributed by atoms with E-state index in [1.807, 2.05) is 48.5 Å². The first kappa shape index (κ1) is 43.4. The van der Waals surface area contributed by atoms with Crippen LogP contribution in [0.3, 0.4) is 0 Å². The predicted molar refractivity (Wildman–Crippen MR) is 197 cm³/mol. The van der Waals surface area contributed by atoms with E-state index >= 15 is 0 Å². The molecule has 3 N–H and O–H groups in total. The second kappa shape index (κ2) is 15.8. The van der Waals surface area contributed by atoms with Gasteiger partial charge in [0.25, 0.3) is 5.91 Å². The van der Waals surface area contributed by atoms with Gasteiger partial charge in [-0.05, 0) is 55.3 Å². The molecule has 1 unspecified atom stereocenters. The molecule has 12 nitrogen and oxygen atoms in total. The molecule has 2 fully saturated rings. The molecule has 1 saturated carbocycles. The summed E-state index contributed by atoms with van der Waals surface area (Å²) >= 11 is 0. The summed E-state index contributed by atoms with van der Waals surface area (Å²) in [6.45, 7) is 26.5. The van der Waals surface area contributed by atoms with Gasteiger partial charge in [0.05, 0.1) is 17.8 Å². The first-order valence-electron chi connectivity index (χ1n) is 17.9. The van der Waals surface area contributed by atoms with Crippen molar-refractivity contribution in [2.75, 3.05) is 25.9 Å². The number of urea groups is 1. The molecule has 1 heterocycles. The summed E-state index contributed by atoms with van der Waals surface area (Å²) in [7, 11) is -2.25. The van der Waals surface area contributed by atoms with E-state index in [4.69, 9.17) is 0 Å². The van der Waals surface area contributed by atoms with Gasteiger partial charge in [-0.25, -0.2) is 13.2 Å².